The average Bonchev–Trinajstić information content (AvgIpc) is 2.78. The predicted molar refractivity (Wildman–Crippen MR) is 41.6 cm³/mol. The third kappa shape index (κ3) is 0.416. The zero-order valence-electron chi connectivity index (χ0n) is 6.19. The Morgan fingerprint density at radius 3 is 2.80 bits per heavy atom. The van der Waals surface area contributed by atoms with Gasteiger partial charge in [0.05, 0.1) is 0 Å². The van der Waals surface area contributed by atoms with Gasteiger partial charge in [-0.2, -0.15) is 0 Å². The Kier molecular flexibility index (Phi) is 0.647. The third-order valence-corrected chi connectivity index (χ3v) is 3.47. The summed E-state index contributed by atoms with van der Waals surface area (Å²) in [6.07, 6.45) is 7.98. The van der Waals surface area contributed by atoms with Crippen molar-refractivity contribution in [3.63, 3.8) is 0 Å². The highest BCUT2D eigenvalue weighted by atomic mass is 14.6. The van der Waals surface area contributed by atoms with E-state index in [2.05, 4.69) is 12.7 Å². The molecule has 2 unspecified atom stereocenters. The van der Waals surface area contributed by atoms with Crippen LogP contribution in [0.15, 0.2) is 23.8 Å². The van der Waals surface area contributed by atoms with Crippen LogP contribution in [0.2, 0.25) is 0 Å². The van der Waals surface area contributed by atoms with E-state index in [4.69, 9.17) is 0 Å². The largest absolute Gasteiger partial charge is 0.0995 e. The summed E-state index contributed by atoms with van der Waals surface area (Å²) in [5, 5.41) is 0. The van der Waals surface area contributed by atoms with Crippen LogP contribution in [-0.2, 0) is 0 Å². The van der Waals surface area contributed by atoms with Gasteiger partial charge in [0, 0.05) is 5.41 Å². The first-order valence-electron chi connectivity index (χ1n) is 4.20. The topological polar surface area (TPSA) is 0 Å². The lowest BCUT2D eigenvalue weighted by Gasteiger charge is -2.06. The van der Waals surface area contributed by atoms with Crippen molar-refractivity contribution in [3.05, 3.63) is 23.8 Å². The predicted octanol–water partition coefficient (Wildman–Crippen LogP) is 2.67. The molecule has 0 spiro atoms. The molecule has 0 N–H and O–H groups in total. The Morgan fingerprint density at radius 2 is 2.40 bits per heavy atom. The van der Waals surface area contributed by atoms with E-state index in [1.165, 1.54) is 31.3 Å². The summed E-state index contributed by atoms with van der Waals surface area (Å²) < 4.78 is 0. The van der Waals surface area contributed by atoms with Crippen LogP contribution in [0.1, 0.15) is 25.7 Å². The lowest BCUT2D eigenvalue weighted by atomic mass is 9.97. The molecule has 0 aromatic heterocycles. The van der Waals surface area contributed by atoms with Crippen LogP contribution in [0.25, 0.3) is 0 Å². The molecule has 0 heteroatoms. The molecule has 0 radical (unpaired) electrons. The monoisotopic (exact) mass is 132 g/mol. The molecule has 2 atom stereocenters. The van der Waals surface area contributed by atoms with Crippen molar-refractivity contribution in [2.45, 2.75) is 25.7 Å². The van der Waals surface area contributed by atoms with Crippen LogP contribution in [0.5, 0.6) is 0 Å². The quantitative estimate of drug-likeness (QED) is 0.481. The van der Waals surface area contributed by atoms with Gasteiger partial charge in [-0.15, -0.1) is 0 Å². The molecule has 10 heavy (non-hydrogen) atoms. The molecule has 3 aliphatic carbocycles. The second-order valence-corrected chi connectivity index (χ2v) is 4.02. The number of hydrogen-bond acceptors (Lipinski definition) is 0. The zero-order valence-corrected chi connectivity index (χ0v) is 6.19. The van der Waals surface area contributed by atoms with Crippen LogP contribution in [0.3, 0.4) is 0 Å². The first-order valence-corrected chi connectivity index (χ1v) is 4.20. The van der Waals surface area contributed by atoms with Gasteiger partial charge in [-0.25, -0.2) is 0 Å². The van der Waals surface area contributed by atoms with Crippen molar-refractivity contribution in [3.8, 4) is 0 Å². The van der Waals surface area contributed by atoms with E-state index in [1.807, 2.05) is 0 Å². The minimum absolute atomic E-state index is 0.705. The Morgan fingerprint density at radius 1 is 1.60 bits per heavy atom. The van der Waals surface area contributed by atoms with E-state index in [-0.39, 0.29) is 0 Å². The molecular formula is C10H12. The smallest absolute Gasteiger partial charge is 0.00208 e. The normalized spacial score (nSPS) is 48.6. The maximum atomic E-state index is 4.04. The molecule has 0 bridgehead atoms. The molecule has 0 aromatic carbocycles. The van der Waals surface area contributed by atoms with Gasteiger partial charge in [-0.3, -0.25) is 0 Å². The van der Waals surface area contributed by atoms with Crippen LogP contribution < -0.4 is 0 Å². The average molecular weight is 132 g/mol. The van der Waals surface area contributed by atoms with Crippen molar-refractivity contribution in [1.82, 2.24) is 0 Å². The molecule has 0 heterocycles. The maximum Gasteiger partial charge on any atom is 0.00208 e. The standard InChI is InChI=1S/C10H12/c1-7-5-9(7)10-4-2-3-8(10)6-10/h3,9H,1-2,4-6H2. The van der Waals surface area contributed by atoms with E-state index in [0.717, 1.165) is 5.92 Å². The summed E-state index contributed by atoms with van der Waals surface area (Å²) in [4.78, 5) is 0. The number of rotatable bonds is 1. The Labute approximate surface area is 61.6 Å². The second-order valence-electron chi connectivity index (χ2n) is 4.02. The van der Waals surface area contributed by atoms with Crippen molar-refractivity contribution < 1.29 is 0 Å². The van der Waals surface area contributed by atoms with Crippen LogP contribution in [0.4, 0.5) is 0 Å². The van der Waals surface area contributed by atoms with Gasteiger partial charge < -0.3 is 0 Å². The van der Waals surface area contributed by atoms with Gasteiger partial charge in [0.15, 0.2) is 0 Å². The van der Waals surface area contributed by atoms with E-state index >= 15 is 0 Å². The van der Waals surface area contributed by atoms with Crippen molar-refractivity contribution in [1.29, 1.82) is 0 Å². The molecule has 0 saturated heterocycles. The molecule has 3 aliphatic rings. The molecule has 0 nitrogen and oxygen atoms in total. The Bertz CT molecular complexity index is 247. The minimum Gasteiger partial charge on any atom is -0.0995 e. The summed E-state index contributed by atoms with van der Waals surface area (Å²) in [5.41, 5.74) is 3.98. The summed E-state index contributed by atoms with van der Waals surface area (Å²) in [6.45, 7) is 4.04. The zero-order chi connectivity index (χ0) is 6.77. The van der Waals surface area contributed by atoms with Gasteiger partial charge in [0.25, 0.3) is 0 Å². The van der Waals surface area contributed by atoms with Crippen molar-refractivity contribution in [2.24, 2.45) is 11.3 Å². The molecular weight excluding hydrogens is 120 g/mol. The van der Waals surface area contributed by atoms with Gasteiger partial charge >= 0.3 is 0 Å². The molecule has 3 rings (SSSR count). The van der Waals surface area contributed by atoms with Gasteiger partial charge in [0.2, 0.25) is 0 Å². The lowest BCUT2D eigenvalue weighted by molar-refractivity contribution is 0.460. The van der Waals surface area contributed by atoms with E-state index in [9.17, 15) is 0 Å². The maximum absolute atomic E-state index is 4.04. The Hall–Kier alpha value is -0.520. The number of hydrogen-bond donors (Lipinski definition) is 0. The fourth-order valence-corrected chi connectivity index (χ4v) is 2.63. The summed E-state index contributed by atoms with van der Waals surface area (Å²) in [5.74, 6) is 0.918. The number of allylic oxidation sites excluding steroid dienone is 3. The fraction of sp³-hybridized carbons (Fsp3) is 0.600. The second kappa shape index (κ2) is 1.25. The highest BCUT2D eigenvalue weighted by molar-refractivity contribution is 5.45. The van der Waals surface area contributed by atoms with Crippen molar-refractivity contribution in [2.75, 3.05) is 0 Å². The molecule has 0 aliphatic heterocycles. The molecule has 0 aromatic rings. The van der Waals surface area contributed by atoms with Gasteiger partial charge in [-0.1, -0.05) is 23.8 Å². The van der Waals surface area contributed by atoms with E-state index in [0.29, 0.717) is 5.41 Å². The minimum atomic E-state index is 0.705. The van der Waals surface area contributed by atoms with Gasteiger partial charge in [-0.05, 0) is 31.6 Å². The first kappa shape index (κ1) is 5.17. The first-order chi connectivity index (χ1) is 4.83. The number of fused-ring (bicyclic) bond motifs is 1. The SMILES string of the molecule is C=C1CC1C12CCC=C1C2. The summed E-state index contributed by atoms with van der Waals surface area (Å²) >= 11 is 0. The molecule has 0 amide bonds. The summed E-state index contributed by atoms with van der Waals surface area (Å²) in [7, 11) is 0. The summed E-state index contributed by atoms with van der Waals surface area (Å²) in [6, 6.07) is 0. The highest BCUT2D eigenvalue weighted by Crippen LogP contribution is 2.71. The molecule has 2 fully saturated rings. The van der Waals surface area contributed by atoms with Crippen LogP contribution >= 0.6 is 0 Å². The van der Waals surface area contributed by atoms with Crippen LogP contribution in [-0.4, -0.2) is 0 Å². The molecule has 2 saturated carbocycles. The highest BCUT2D eigenvalue weighted by Gasteiger charge is 2.60. The Balaban J connectivity index is 1.95. The molecule has 52 valence electrons. The van der Waals surface area contributed by atoms with Gasteiger partial charge in [0.1, 0.15) is 0 Å². The van der Waals surface area contributed by atoms with Crippen LogP contribution in [0, 0.1) is 11.3 Å². The van der Waals surface area contributed by atoms with E-state index < -0.39 is 0 Å². The van der Waals surface area contributed by atoms with Crippen molar-refractivity contribution >= 4 is 0 Å². The fourth-order valence-electron chi connectivity index (χ4n) is 2.63. The lowest BCUT2D eigenvalue weighted by Crippen LogP contribution is -1.99. The van der Waals surface area contributed by atoms with E-state index in [1.54, 1.807) is 5.57 Å². The third-order valence-electron chi connectivity index (χ3n) is 3.47.